The molecule has 0 radical (unpaired) electrons. The van der Waals surface area contributed by atoms with Crippen LogP contribution in [-0.2, 0) is 7.07 Å². The second kappa shape index (κ2) is 5.14. The quantitative estimate of drug-likeness (QED) is 0.385. The molecule has 15 heavy (non-hydrogen) atoms. The van der Waals surface area contributed by atoms with E-state index in [1.165, 1.54) is 7.11 Å². The van der Waals surface area contributed by atoms with Crippen molar-refractivity contribution >= 4 is 60.4 Å². The van der Waals surface area contributed by atoms with Gasteiger partial charge in [-0.3, -0.25) is 0 Å². The molecule has 0 amide bonds. The zero-order valence-electron chi connectivity index (χ0n) is 8.18. The summed E-state index contributed by atoms with van der Waals surface area (Å²) in [5, 5.41) is 0. The molecule has 5 heteroatoms. The Labute approximate surface area is 119 Å². The van der Waals surface area contributed by atoms with E-state index in [0.717, 1.165) is 10.0 Å². The maximum atomic E-state index is 11.5. The molecule has 0 heterocycles. The van der Waals surface area contributed by atoms with Gasteiger partial charge in [0.25, 0.3) is 0 Å². The van der Waals surface area contributed by atoms with Crippen LogP contribution in [0.3, 0.4) is 0 Å². The summed E-state index contributed by atoms with van der Waals surface area (Å²) in [5.41, 5.74) is 1.47. The van der Waals surface area contributed by atoms with Gasteiger partial charge in [-0.2, -0.15) is 0 Å². The van der Waals surface area contributed by atoms with Crippen molar-refractivity contribution in [3.05, 3.63) is 33.8 Å². The molecular weight excluding hydrogens is 439 g/mol. The van der Waals surface area contributed by atoms with E-state index in [4.69, 9.17) is 4.74 Å². The number of carbonyl (C=O) groups excluding carboxylic acids is 1. The van der Waals surface area contributed by atoms with Crippen molar-refractivity contribution < 1.29 is 9.53 Å². The zero-order chi connectivity index (χ0) is 11.6. The van der Waals surface area contributed by atoms with Crippen LogP contribution in [0.2, 0.25) is 0 Å². The summed E-state index contributed by atoms with van der Waals surface area (Å²) in [6.45, 7) is 1.97. The minimum Gasteiger partial charge on any atom is -0.465 e. The fraction of sp³-hybridized carbons (Fsp3) is 0.300. The van der Waals surface area contributed by atoms with Crippen LogP contribution in [-0.4, -0.2) is 13.1 Å². The van der Waals surface area contributed by atoms with E-state index in [9.17, 15) is 4.79 Å². The highest BCUT2D eigenvalue weighted by molar-refractivity contribution is 14.1. The summed E-state index contributed by atoms with van der Waals surface area (Å²) in [5.74, 6) is -0.320. The molecule has 1 aromatic rings. The molecule has 1 aromatic carbocycles. The summed E-state index contributed by atoms with van der Waals surface area (Å²) in [6, 6.07) is 5.49. The smallest absolute Gasteiger partial charge is 0.338 e. The molecule has 1 atom stereocenters. The van der Waals surface area contributed by atoms with E-state index >= 15 is 0 Å². The molecular formula is C10H9Br2IO2. The number of alkyl halides is 2. The van der Waals surface area contributed by atoms with E-state index in [0.29, 0.717) is 5.56 Å². The van der Waals surface area contributed by atoms with Crippen molar-refractivity contribution in [2.24, 2.45) is 0 Å². The Balaban J connectivity index is 3.33. The first-order valence-corrected chi connectivity index (χ1v) is 6.79. The van der Waals surface area contributed by atoms with Crippen LogP contribution in [0, 0.1) is 0 Å². The highest BCUT2D eigenvalue weighted by Crippen LogP contribution is 2.40. The van der Waals surface area contributed by atoms with Crippen molar-refractivity contribution in [2.75, 3.05) is 7.11 Å². The van der Waals surface area contributed by atoms with Gasteiger partial charge in [0.05, 0.1) is 15.0 Å². The molecule has 0 aliphatic heterocycles. The second-order valence-corrected chi connectivity index (χ2v) is 9.21. The predicted molar refractivity (Wildman–Crippen MR) is 75.8 cm³/mol. The Morgan fingerprint density at radius 2 is 2.13 bits per heavy atom. The number of ether oxygens (including phenoxy) is 1. The molecule has 0 spiro atoms. The first kappa shape index (κ1) is 13.4. The molecule has 1 unspecified atom stereocenters. The van der Waals surface area contributed by atoms with Crippen LogP contribution < -0.4 is 0 Å². The number of hydrogen-bond acceptors (Lipinski definition) is 2. The van der Waals surface area contributed by atoms with Crippen molar-refractivity contribution in [3.8, 4) is 0 Å². The summed E-state index contributed by atoms with van der Waals surface area (Å²) in [4.78, 5) is 11.5. The minimum absolute atomic E-state index is 0.294. The zero-order valence-corrected chi connectivity index (χ0v) is 13.5. The fourth-order valence-corrected chi connectivity index (χ4v) is 2.30. The molecule has 0 fully saturated rings. The van der Waals surface area contributed by atoms with E-state index in [1.807, 2.05) is 19.1 Å². The topological polar surface area (TPSA) is 26.3 Å². The number of benzene rings is 1. The van der Waals surface area contributed by atoms with Crippen LogP contribution in [0.25, 0.3) is 0 Å². The maximum Gasteiger partial charge on any atom is 0.338 e. The molecule has 82 valence electrons. The number of halogens is 3. The Bertz CT molecular complexity index is 385. The number of carbonyl (C=O) groups is 1. The van der Waals surface area contributed by atoms with Crippen LogP contribution >= 0.6 is 54.5 Å². The van der Waals surface area contributed by atoms with Crippen LogP contribution in [0.4, 0.5) is 0 Å². The number of rotatable bonds is 2. The molecule has 0 aromatic heterocycles. The third-order valence-corrected chi connectivity index (χ3v) is 3.36. The standard InChI is InChI=1S/C10H9Br2IO2/c1-10(12,13)8-5-6(11)3-4-7(8)9(14)15-2/h3-5H,1-2H3. The molecule has 0 saturated heterocycles. The maximum absolute atomic E-state index is 11.5. The molecule has 0 bridgehead atoms. The van der Waals surface area contributed by atoms with Crippen molar-refractivity contribution in [2.45, 2.75) is 9.25 Å². The lowest BCUT2D eigenvalue weighted by molar-refractivity contribution is 0.0599. The average Bonchev–Trinajstić information content (AvgIpc) is 2.15. The minimum atomic E-state index is -0.320. The van der Waals surface area contributed by atoms with Crippen LogP contribution in [0.15, 0.2) is 22.7 Å². The van der Waals surface area contributed by atoms with Gasteiger partial charge in [0.1, 0.15) is 0 Å². The van der Waals surface area contributed by atoms with Gasteiger partial charge in [0.2, 0.25) is 0 Å². The predicted octanol–water partition coefficient (Wildman–Crippen LogP) is 4.24. The first-order chi connectivity index (χ1) is 6.86. The molecule has 1 rings (SSSR count). The van der Waals surface area contributed by atoms with Crippen molar-refractivity contribution in [3.63, 3.8) is 0 Å². The van der Waals surface area contributed by atoms with Gasteiger partial charge in [0, 0.05) is 4.47 Å². The monoisotopic (exact) mass is 446 g/mol. The Kier molecular flexibility index (Phi) is 4.61. The fourth-order valence-electron chi connectivity index (χ4n) is 1.17. The lowest BCUT2D eigenvalue weighted by Gasteiger charge is -2.18. The summed E-state index contributed by atoms with van der Waals surface area (Å²) in [7, 11) is 1.38. The molecule has 0 aliphatic rings. The Morgan fingerprint density at radius 1 is 1.53 bits per heavy atom. The third kappa shape index (κ3) is 3.42. The van der Waals surface area contributed by atoms with Gasteiger partial charge >= 0.3 is 5.97 Å². The average molecular weight is 448 g/mol. The normalized spacial score (nSPS) is 14.5. The van der Waals surface area contributed by atoms with Gasteiger partial charge in [-0.15, -0.1) is 0 Å². The second-order valence-electron chi connectivity index (χ2n) is 3.07. The summed E-state index contributed by atoms with van der Waals surface area (Å²) >= 11 is 9.13. The van der Waals surface area contributed by atoms with Gasteiger partial charge in [-0.1, -0.05) is 54.5 Å². The number of hydrogen-bond donors (Lipinski definition) is 0. The largest absolute Gasteiger partial charge is 0.465 e. The number of esters is 1. The van der Waals surface area contributed by atoms with Crippen LogP contribution in [0.1, 0.15) is 22.8 Å². The summed E-state index contributed by atoms with van der Waals surface area (Å²) < 4.78 is 5.38. The van der Waals surface area contributed by atoms with Crippen molar-refractivity contribution in [1.29, 1.82) is 0 Å². The van der Waals surface area contributed by atoms with E-state index in [1.54, 1.807) is 6.07 Å². The molecule has 0 saturated carbocycles. The number of methoxy groups -OCH3 is 1. The molecule has 0 N–H and O–H groups in total. The van der Waals surface area contributed by atoms with Crippen molar-refractivity contribution in [1.82, 2.24) is 0 Å². The Morgan fingerprint density at radius 3 is 2.60 bits per heavy atom. The first-order valence-electron chi connectivity index (χ1n) is 4.12. The van der Waals surface area contributed by atoms with E-state index in [2.05, 4.69) is 54.5 Å². The molecule has 2 nitrogen and oxygen atoms in total. The van der Waals surface area contributed by atoms with Gasteiger partial charge in [0.15, 0.2) is 0 Å². The van der Waals surface area contributed by atoms with Gasteiger partial charge in [-0.25, -0.2) is 4.79 Å². The van der Waals surface area contributed by atoms with Gasteiger partial charge in [-0.05, 0) is 30.7 Å². The lowest BCUT2D eigenvalue weighted by Crippen LogP contribution is -2.12. The van der Waals surface area contributed by atoms with Crippen LogP contribution in [0.5, 0.6) is 0 Å². The van der Waals surface area contributed by atoms with E-state index < -0.39 is 0 Å². The van der Waals surface area contributed by atoms with Gasteiger partial charge < -0.3 is 4.74 Å². The lowest BCUT2D eigenvalue weighted by atomic mass is 10.1. The molecule has 0 aliphatic carbocycles. The summed E-state index contributed by atoms with van der Waals surface area (Å²) in [6.07, 6.45) is 0. The third-order valence-electron chi connectivity index (χ3n) is 1.86. The Hall–Kier alpha value is 0.380. The highest BCUT2D eigenvalue weighted by Gasteiger charge is 2.25. The van der Waals surface area contributed by atoms with E-state index in [-0.39, 0.29) is 8.30 Å². The SMILES string of the molecule is COC(=O)c1ccc(Br)cc1C(C)(Br)I. The highest BCUT2D eigenvalue weighted by atomic mass is 127.